The van der Waals surface area contributed by atoms with E-state index in [-0.39, 0.29) is 0 Å². The van der Waals surface area contributed by atoms with E-state index < -0.39 is 0 Å². The maximum Gasteiger partial charge on any atom is 0.165 e. The second-order valence-electron chi connectivity index (χ2n) is 5.24. The van der Waals surface area contributed by atoms with Crippen molar-refractivity contribution >= 4 is 17.0 Å². The number of rotatable bonds is 3. The minimum Gasteiger partial charge on any atom is -0.381 e. The van der Waals surface area contributed by atoms with E-state index in [1.807, 2.05) is 25.3 Å². The van der Waals surface area contributed by atoms with Gasteiger partial charge in [0.05, 0.1) is 12.9 Å². The maximum absolute atomic E-state index is 5.53. The van der Waals surface area contributed by atoms with Crippen molar-refractivity contribution < 1.29 is 4.74 Å². The van der Waals surface area contributed by atoms with Crippen LogP contribution in [0.5, 0.6) is 0 Å². The van der Waals surface area contributed by atoms with E-state index in [9.17, 15) is 0 Å². The molecule has 0 radical (unpaired) electrons. The minimum absolute atomic E-state index is 0.559. The second-order valence-corrected chi connectivity index (χ2v) is 5.24. The molecule has 0 aliphatic carbocycles. The largest absolute Gasteiger partial charge is 0.381 e. The van der Waals surface area contributed by atoms with E-state index in [1.54, 1.807) is 6.33 Å². The highest BCUT2D eigenvalue weighted by Gasteiger charge is 2.17. The standard InChI is InChI=1S/C13H19N5O/c1-17(2)12-11-13(15-8-14-12)18(9-16-11)6-10-4-3-5-19-7-10/h8-10H,3-7H2,1-2H3. The minimum atomic E-state index is 0.559. The van der Waals surface area contributed by atoms with Crippen LogP contribution in [0.4, 0.5) is 5.82 Å². The first-order valence-electron chi connectivity index (χ1n) is 6.66. The van der Waals surface area contributed by atoms with Gasteiger partial charge in [-0.1, -0.05) is 0 Å². The molecule has 2 aromatic rings. The Morgan fingerprint density at radius 2 is 2.26 bits per heavy atom. The van der Waals surface area contributed by atoms with Gasteiger partial charge in [-0.15, -0.1) is 0 Å². The average molecular weight is 261 g/mol. The third-order valence-corrected chi connectivity index (χ3v) is 3.52. The number of nitrogens with zero attached hydrogens (tertiary/aromatic N) is 5. The number of hydrogen-bond donors (Lipinski definition) is 0. The molecule has 6 heteroatoms. The lowest BCUT2D eigenvalue weighted by Crippen LogP contribution is -2.22. The van der Waals surface area contributed by atoms with E-state index in [0.29, 0.717) is 5.92 Å². The van der Waals surface area contributed by atoms with Gasteiger partial charge in [-0.2, -0.15) is 0 Å². The fraction of sp³-hybridized carbons (Fsp3) is 0.615. The van der Waals surface area contributed by atoms with Crippen LogP contribution in [-0.4, -0.2) is 46.8 Å². The number of fused-ring (bicyclic) bond motifs is 1. The van der Waals surface area contributed by atoms with Gasteiger partial charge in [-0.05, 0) is 12.8 Å². The van der Waals surface area contributed by atoms with Gasteiger partial charge in [0.15, 0.2) is 17.0 Å². The van der Waals surface area contributed by atoms with E-state index in [4.69, 9.17) is 4.74 Å². The first-order chi connectivity index (χ1) is 9.25. The van der Waals surface area contributed by atoms with Crippen molar-refractivity contribution in [3.05, 3.63) is 12.7 Å². The highest BCUT2D eigenvalue weighted by Crippen LogP contribution is 2.22. The first-order valence-corrected chi connectivity index (χ1v) is 6.66. The van der Waals surface area contributed by atoms with Crippen LogP contribution in [0.2, 0.25) is 0 Å². The third-order valence-electron chi connectivity index (χ3n) is 3.52. The normalized spacial score (nSPS) is 19.8. The number of aromatic nitrogens is 4. The molecule has 1 aliphatic rings. The summed E-state index contributed by atoms with van der Waals surface area (Å²) in [5.74, 6) is 1.42. The lowest BCUT2D eigenvalue weighted by atomic mass is 10.0. The molecule has 3 heterocycles. The van der Waals surface area contributed by atoms with Gasteiger partial charge in [0, 0.05) is 33.2 Å². The quantitative estimate of drug-likeness (QED) is 0.834. The number of ether oxygens (including phenoxy) is 1. The predicted molar refractivity (Wildman–Crippen MR) is 73.2 cm³/mol. The van der Waals surface area contributed by atoms with Crippen molar-refractivity contribution in [1.82, 2.24) is 19.5 Å². The van der Waals surface area contributed by atoms with Gasteiger partial charge in [-0.3, -0.25) is 0 Å². The van der Waals surface area contributed by atoms with Crippen LogP contribution in [0.1, 0.15) is 12.8 Å². The van der Waals surface area contributed by atoms with Crippen molar-refractivity contribution in [2.24, 2.45) is 5.92 Å². The average Bonchev–Trinajstić information content (AvgIpc) is 2.83. The summed E-state index contributed by atoms with van der Waals surface area (Å²) < 4.78 is 7.64. The Morgan fingerprint density at radius 1 is 1.37 bits per heavy atom. The van der Waals surface area contributed by atoms with Gasteiger partial charge >= 0.3 is 0 Å². The highest BCUT2D eigenvalue weighted by atomic mass is 16.5. The van der Waals surface area contributed by atoms with E-state index in [0.717, 1.165) is 43.2 Å². The molecule has 1 atom stereocenters. The maximum atomic E-state index is 5.53. The fourth-order valence-electron chi connectivity index (χ4n) is 2.56. The molecule has 0 spiro atoms. The molecule has 0 N–H and O–H groups in total. The molecule has 1 unspecified atom stereocenters. The molecule has 2 aromatic heterocycles. The Labute approximate surface area is 112 Å². The summed E-state index contributed by atoms with van der Waals surface area (Å²) in [6.07, 6.45) is 5.83. The van der Waals surface area contributed by atoms with Crippen LogP contribution in [0.15, 0.2) is 12.7 Å². The van der Waals surface area contributed by atoms with Crippen LogP contribution >= 0.6 is 0 Å². The van der Waals surface area contributed by atoms with Crippen LogP contribution in [0, 0.1) is 5.92 Å². The van der Waals surface area contributed by atoms with Gasteiger partial charge < -0.3 is 14.2 Å². The molecule has 0 bridgehead atoms. The van der Waals surface area contributed by atoms with Crippen molar-refractivity contribution in [3.8, 4) is 0 Å². The fourth-order valence-corrected chi connectivity index (χ4v) is 2.56. The highest BCUT2D eigenvalue weighted by molar-refractivity contribution is 5.82. The summed E-state index contributed by atoms with van der Waals surface area (Å²) in [6.45, 7) is 2.65. The predicted octanol–water partition coefficient (Wildman–Crippen LogP) is 1.32. The van der Waals surface area contributed by atoms with Crippen LogP contribution in [0.25, 0.3) is 11.2 Å². The Hall–Kier alpha value is -1.69. The van der Waals surface area contributed by atoms with Gasteiger partial charge in [0.1, 0.15) is 6.33 Å². The zero-order valence-corrected chi connectivity index (χ0v) is 11.4. The first kappa shape index (κ1) is 12.3. The summed E-state index contributed by atoms with van der Waals surface area (Å²) in [5.41, 5.74) is 1.77. The molecule has 1 aliphatic heterocycles. The molecular formula is C13H19N5O. The number of anilines is 1. The van der Waals surface area contributed by atoms with Crippen molar-refractivity contribution in [2.45, 2.75) is 19.4 Å². The molecular weight excluding hydrogens is 242 g/mol. The second kappa shape index (κ2) is 5.13. The molecule has 1 saturated heterocycles. The van der Waals surface area contributed by atoms with E-state index >= 15 is 0 Å². The Balaban J connectivity index is 1.90. The molecule has 6 nitrogen and oxygen atoms in total. The third kappa shape index (κ3) is 2.40. The van der Waals surface area contributed by atoms with Crippen molar-refractivity contribution in [2.75, 3.05) is 32.2 Å². The Morgan fingerprint density at radius 3 is 3.00 bits per heavy atom. The molecule has 19 heavy (non-hydrogen) atoms. The lowest BCUT2D eigenvalue weighted by Gasteiger charge is -2.22. The molecule has 0 saturated carbocycles. The van der Waals surface area contributed by atoms with E-state index in [2.05, 4.69) is 19.5 Å². The summed E-state index contributed by atoms with van der Waals surface area (Å²) in [7, 11) is 3.94. The Kier molecular flexibility index (Phi) is 3.33. The zero-order chi connectivity index (χ0) is 13.2. The summed E-state index contributed by atoms with van der Waals surface area (Å²) in [5, 5.41) is 0. The van der Waals surface area contributed by atoms with Crippen molar-refractivity contribution in [1.29, 1.82) is 0 Å². The van der Waals surface area contributed by atoms with Gasteiger partial charge in [0.25, 0.3) is 0 Å². The number of imidazole rings is 1. The smallest absolute Gasteiger partial charge is 0.165 e. The molecule has 1 fully saturated rings. The Bertz CT molecular complexity index is 559. The van der Waals surface area contributed by atoms with Crippen molar-refractivity contribution in [3.63, 3.8) is 0 Å². The molecule has 3 rings (SSSR count). The lowest BCUT2D eigenvalue weighted by molar-refractivity contribution is 0.0487. The monoisotopic (exact) mass is 261 g/mol. The summed E-state index contributed by atoms with van der Waals surface area (Å²) >= 11 is 0. The zero-order valence-electron chi connectivity index (χ0n) is 11.4. The number of hydrogen-bond acceptors (Lipinski definition) is 5. The van der Waals surface area contributed by atoms with Gasteiger partial charge in [-0.25, -0.2) is 15.0 Å². The molecule has 102 valence electrons. The summed E-state index contributed by atoms with van der Waals surface area (Å²) in [6, 6.07) is 0. The molecule has 0 amide bonds. The topological polar surface area (TPSA) is 56.1 Å². The van der Waals surface area contributed by atoms with Crippen LogP contribution in [0.3, 0.4) is 0 Å². The SMILES string of the molecule is CN(C)c1ncnc2c1ncn2CC1CCCOC1. The van der Waals surface area contributed by atoms with Crippen LogP contribution < -0.4 is 4.90 Å². The molecule has 0 aromatic carbocycles. The van der Waals surface area contributed by atoms with Gasteiger partial charge in [0.2, 0.25) is 0 Å². The van der Waals surface area contributed by atoms with E-state index in [1.165, 1.54) is 6.42 Å². The van der Waals surface area contributed by atoms with Crippen LogP contribution in [-0.2, 0) is 11.3 Å². The summed E-state index contributed by atoms with van der Waals surface area (Å²) in [4.78, 5) is 15.1.